The Morgan fingerprint density at radius 3 is 2.54 bits per heavy atom. The minimum Gasteiger partial charge on any atom is -0.475 e. The first kappa shape index (κ1) is 16.3. The molecular weight excluding hydrogens is 306 g/mol. The highest BCUT2D eigenvalue weighted by Crippen LogP contribution is 2.32. The smallest absolute Gasteiger partial charge is 0.371 e. The van der Waals surface area contributed by atoms with Crippen molar-refractivity contribution < 1.29 is 19.1 Å². The number of carbonyl (C=O) groups is 2. The van der Waals surface area contributed by atoms with Crippen LogP contribution in [0.3, 0.4) is 0 Å². The Bertz CT molecular complexity index is 756. The molecule has 1 aliphatic carbocycles. The number of hydrogen-bond acceptors (Lipinski definition) is 3. The maximum atomic E-state index is 12.5. The van der Waals surface area contributed by atoms with E-state index in [0.717, 1.165) is 31.2 Å². The van der Waals surface area contributed by atoms with Gasteiger partial charge in [0.15, 0.2) is 0 Å². The fraction of sp³-hybridized carbons (Fsp3) is 0.368. The lowest BCUT2D eigenvalue weighted by Gasteiger charge is -2.21. The summed E-state index contributed by atoms with van der Waals surface area (Å²) in [5.41, 5.74) is 2.37. The molecule has 2 aromatic rings. The fourth-order valence-electron chi connectivity index (χ4n) is 3.17. The van der Waals surface area contributed by atoms with Crippen molar-refractivity contribution in [2.75, 3.05) is 5.32 Å². The topological polar surface area (TPSA) is 79.5 Å². The molecule has 0 bridgehead atoms. The predicted molar refractivity (Wildman–Crippen MR) is 91.0 cm³/mol. The summed E-state index contributed by atoms with van der Waals surface area (Å²) in [7, 11) is 0. The van der Waals surface area contributed by atoms with Gasteiger partial charge in [-0.25, -0.2) is 4.79 Å². The normalized spacial score (nSPS) is 15.2. The monoisotopic (exact) mass is 327 g/mol. The van der Waals surface area contributed by atoms with Crippen LogP contribution >= 0.6 is 0 Å². The Labute approximate surface area is 140 Å². The second-order valence-electron chi connectivity index (χ2n) is 6.34. The Hall–Kier alpha value is -2.56. The lowest BCUT2D eigenvalue weighted by molar-refractivity contribution is -0.120. The highest BCUT2D eigenvalue weighted by molar-refractivity contribution is 5.96. The van der Waals surface area contributed by atoms with E-state index in [9.17, 15) is 9.59 Å². The van der Waals surface area contributed by atoms with Gasteiger partial charge in [0.1, 0.15) is 5.76 Å². The molecule has 1 fully saturated rings. The molecule has 1 aromatic heterocycles. The van der Waals surface area contributed by atoms with Gasteiger partial charge in [-0.2, -0.15) is 0 Å². The van der Waals surface area contributed by atoms with Crippen LogP contribution in [0.4, 0.5) is 5.69 Å². The number of nitrogens with one attached hydrogen (secondary N) is 1. The molecule has 0 radical (unpaired) electrons. The summed E-state index contributed by atoms with van der Waals surface area (Å²) in [4.78, 5) is 23.5. The number of aryl methyl sites for hydroxylation is 1. The van der Waals surface area contributed by atoms with E-state index in [1.54, 1.807) is 6.07 Å². The van der Waals surface area contributed by atoms with Crippen LogP contribution in [0.15, 0.2) is 34.7 Å². The van der Waals surface area contributed by atoms with Crippen LogP contribution < -0.4 is 5.32 Å². The van der Waals surface area contributed by atoms with Gasteiger partial charge in [0.2, 0.25) is 11.7 Å². The number of rotatable bonds is 4. The summed E-state index contributed by atoms with van der Waals surface area (Å²) >= 11 is 0. The highest BCUT2D eigenvalue weighted by Gasteiger charge is 2.22. The van der Waals surface area contributed by atoms with E-state index < -0.39 is 5.97 Å². The largest absolute Gasteiger partial charge is 0.475 e. The van der Waals surface area contributed by atoms with Crippen LogP contribution in [0.5, 0.6) is 0 Å². The Balaban J connectivity index is 1.87. The van der Waals surface area contributed by atoms with Gasteiger partial charge in [0.05, 0.1) is 5.69 Å². The van der Waals surface area contributed by atoms with E-state index in [4.69, 9.17) is 9.52 Å². The van der Waals surface area contributed by atoms with Crippen LogP contribution in [-0.4, -0.2) is 17.0 Å². The standard InChI is InChI=1S/C19H21NO4/c1-12-7-8-14(16-9-10-17(24-16)19(22)23)15(11-12)20-18(21)13-5-3-2-4-6-13/h7-11,13H,2-6H2,1H3,(H,20,21)(H,22,23). The third-order valence-corrected chi connectivity index (χ3v) is 4.49. The van der Waals surface area contributed by atoms with Crippen molar-refractivity contribution >= 4 is 17.6 Å². The van der Waals surface area contributed by atoms with Gasteiger partial charge in [0, 0.05) is 11.5 Å². The molecule has 1 aromatic carbocycles. The van der Waals surface area contributed by atoms with Crippen molar-refractivity contribution in [3.8, 4) is 11.3 Å². The number of furan rings is 1. The number of amides is 1. The Morgan fingerprint density at radius 1 is 1.12 bits per heavy atom. The minimum absolute atomic E-state index is 0.0339. The fourth-order valence-corrected chi connectivity index (χ4v) is 3.17. The second-order valence-corrected chi connectivity index (χ2v) is 6.34. The predicted octanol–water partition coefficient (Wildman–Crippen LogP) is 4.47. The molecular formula is C19H21NO4. The second kappa shape index (κ2) is 6.91. The molecule has 24 heavy (non-hydrogen) atoms. The summed E-state index contributed by atoms with van der Waals surface area (Å²) in [6, 6.07) is 8.68. The van der Waals surface area contributed by atoms with Crippen LogP contribution in [0.1, 0.15) is 48.2 Å². The minimum atomic E-state index is -1.11. The van der Waals surface area contributed by atoms with Crippen molar-refractivity contribution in [3.63, 3.8) is 0 Å². The number of carboxylic acids is 1. The SMILES string of the molecule is Cc1ccc(-c2ccc(C(=O)O)o2)c(NC(=O)C2CCCCC2)c1. The van der Waals surface area contributed by atoms with Gasteiger partial charge in [0.25, 0.3) is 0 Å². The van der Waals surface area contributed by atoms with Crippen molar-refractivity contribution in [1.29, 1.82) is 0 Å². The third-order valence-electron chi connectivity index (χ3n) is 4.49. The molecule has 1 amide bonds. The van der Waals surface area contributed by atoms with E-state index >= 15 is 0 Å². The molecule has 0 unspecified atom stereocenters. The van der Waals surface area contributed by atoms with Crippen molar-refractivity contribution in [2.45, 2.75) is 39.0 Å². The molecule has 126 valence electrons. The van der Waals surface area contributed by atoms with Gasteiger partial charge in [-0.1, -0.05) is 25.3 Å². The molecule has 0 atom stereocenters. The van der Waals surface area contributed by atoms with Gasteiger partial charge in [-0.15, -0.1) is 0 Å². The Kier molecular flexibility index (Phi) is 4.69. The third kappa shape index (κ3) is 3.50. The van der Waals surface area contributed by atoms with Crippen LogP contribution in [-0.2, 0) is 4.79 Å². The molecule has 0 saturated heterocycles. The molecule has 0 aliphatic heterocycles. The van der Waals surface area contributed by atoms with Crippen LogP contribution in [0.2, 0.25) is 0 Å². The first-order chi connectivity index (χ1) is 11.5. The molecule has 5 nitrogen and oxygen atoms in total. The quantitative estimate of drug-likeness (QED) is 0.868. The molecule has 1 saturated carbocycles. The highest BCUT2D eigenvalue weighted by atomic mass is 16.4. The molecule has 2 N–H and O–H groups in total. The van der Waals surface area contributed by atoms with Gasteiger partial charge in [-0.3, -0.25) is 4.79 Å². The number of aromatic carboxylic acids is 1. The Morgan fingerprint density at radius 2 is 1.88 bits per heavy atom. The maximum Gasteiger partial charge on any atom is 0.371 e. The van der Waals surface area contributed by atoms with Crippen molar-refractivity contribution in [3.05, 3.63) is 41.7 Å². The number of carbonyl (C=O) groups excluding carboxylic acids is 1. The van der Waals surface area contributed by atoms with Crippen molar-refractivity contribution in [1.82, 2.24) is 0 Å². The van der Waals surface area contributed by atoms with E-state index in [1.165, 1.54) is 12.5 Å². The van der Waals surface area contributed by atoms with E-state index in [0.29, 0.717) is 17.0 Å². The lowest BCUT2D eigenvalue weighted by atomic mass is 9.88. The molecule has 1 heterocycles. The van der Waals surface area contributed by atoms with E-state index in [1.807, 2.05) is 25.1 Å². The van der Waals surface area contributed by atoms with Gasteiger partial charge in [-0.05, 0) is 49.6 Å². The van der Waals surface area contributed by atoms with Crippen LogP contribution in [0.25, 0.3) is 11.3 Å². The van der Waals surface area contributed by atoms with Gasteiger partial charge < -0.3 is 14.8 Å². The van der Waals surface area contributed by atoms with E-state index in [-0.39, 0.29) is 17.6 Å². The first-order valence-electron chi connectivity index (χ1n) is 8.29. The number of anilines is 1. The molecule has 3 rings (SSSR count). The van der Waals surface area contributed by atoms with Crippen LogP contribution in [0, 0.1) is 12.8 Å². The summed E-state index contributed by atoms with van der Waals surface area (Å²) < 4.78 is 5.39. The summed E-state index contributed by atoms with van der Waals surface area (Å²) in [6.07, 6.45) is 5.25. The lowest BCUT2D eigenvalue weighted by Crippen LogP contribution is -2.25. The molecule has 5 heteroatoms. The summed E-state index contributed by atoms with van der Waals surface area (Å²) in [5.74, 6) is -0.701. The first-order valence-corrected chi connectivity index (χ1v) is 8.29. The van der Waals surface area contributed by atoms with Crippen molar-refractivity contribution in [2.24, 2.45) is 5.92 Å². The summed E-state index contributed by atoms with van der Waals surface area (Å²) in [6.45, 7) is 1.95. The zero-order valence-electron chi connectivity index (χ0n) is 13.7. The molecule has 0 spiro atoms. The molecule has 1 aliphatic rings. The zero-order valence-corrected chi connectivity index (χ0v) is 13.7. The van der Waals surface area contributed by atoms with E-state index in [2.05, 4.69) is 5.32 Å². The average Bonchev–Trinajstić information content (AvgIpc) is 3.06. The zero-order chi connectivity index (χ0) is 17.1. The van der Waals surface area contributed by atoms with Gasteiger partial charge >= 0.3 is 5.97 Å². The number of benzene rings is 1. The average molecular weight is 327 g/mol. The maximum absolute atomic E-state index is 12.5. The number of carboxylic acid groups (broad SMARTS) is 1. The summed E-state index contributed by atoms with van der Waals surface area (Å²) in [5, 5.41) is 12.0. The number of hydrogen-bond donors (Lipinski definition) is 2.